The van der Waals surface area contributed by atoms with E-state index >= 15 is 0 Å². The highest BCUT2D eigenvalue weighted by Gasteiger charge is 2.13. The molecule has 0 rings (SSSR count). The van der Waals surface area contributed by atoms with E-state index in [4.69, 9.17) is 15.9 Å². The lowest BCUT2D eigenvalue weighted by atomic mass is 10.2. The molecule has 0 aromatic rings. The van der Waals surface area contributed by atoms with Gasteiger partial charge in [-0.15, -0.1) is 6.42 Å². The van der Waals surface area contributed by atoms with Crippen molar-refractivity contribution in [3.8, 4) is 12.3 Å². The van der Waals surface area contributed by atoms with Crippen molar-refractivity contribution in [2.75, 3.05) is 6.61 Å². The van der Waals surface area contributed by atoms with E-state index < -0.39 is 0 Å². The Morgan fingerprint density at radius 3 is 2.53 bits per heavy atom. The van der Waals surface area contributed by atoms with Crippen LogP contribution in [0.4, 0.5) is 0 Å². The van der Waals surface area contributed by atoms with Crippen molar-refractivity contribution in [2.24, 2.45) is 0 Å². The maximum absolute atomic E-state index is 11.5. The molecular formula is C16H28O3. The van der Waals surface area contributed by atoms with E-state index in [0.29, 0.717) is 19.4 Å². The highest BCUT2D eigenvalue weighted by molar-refractivity contribution is 5.69. The molecule has 0 fully saturated rings. The Hall–Kier alpha value is -1.01. The molecule has 19 heavy (non-hydrogen) atoms. The van der Waals surface area contributed by atoms with Gasteiger partial charge in [-0.2, -0.15) is 0 Å². The molecule has 0 aliphatic heterocycles. The fourth-order valence-electron chi connectivity index (χ4n) is 1.80. The molecule has 2 unspecified atom stereocenters. The maximum atomic E-state index is 11.5. The second-order valence-corrected chi connectivity index (χ2v) is 4.86. The van der Waals surface area contributed by atoms with E-state index in [9.17, 15) is 4.79 Å². The Bertz CT molecular complexity index is 268. The van der Waals surface area contributed by atoms with Crippen LogP contribution in [0.2, 0.25) is 0 Å². The van der Waals surface area contributed by atoms with Crippen molar-refractivity contribution < 1.29 is 14.3 Å². The first-order valence-corrected chi connectivity index (χ1v) is 7.41. The SMILES string of the molecule is C#CC(CCC(=O)OCCCCC)OC(C)CCC. The number of ether oxygens (including phenoxy) is 2. The van der Waals surface area contributed by atoms with Gasteiger partial charge < -0.3 is 9.47 Å². The van der Waals surface area contributed by atoms with Crippen LogP contribution in [0.3, 0.4) is 0 Å². The summed E-state index contributed by atoms with van der Waals surface area (Å²) in [6.07, 6.45) is 11.4. The van der Waals surface area contributed by atoms with E-state index in [1.807, 2.05) is 6.92 Å². The average molecular weight is 268 g/mol. The van der Waals surface area contributed by atoms with Crippen LogP contribution in [-0.4, -0.2) is 24.8 Å². The predicted octanol–water partition coefficient (Wildman–Crippen LogP) is 3.71. The Balaban J connectivity index is 3.75. The molecule has 0 N–H and O–H groups in total. The minimum Gasteiger partial charge on any atom is -0.466 e. The van der Waals surface area contributed by atoms with Gasteiger partial charge in [-0.1, -0.05) is 39.0 Å². The summed E-state index contributed by atoms with van der Waals surface area (Å²) in [6, 6.07) is 0. The standard InChI is InChI=1S/C16H28O3/c1-5-8-9-13-18-16(17)12-11-15(7-3)19-14(4)10-6-2/h3,14-15H,5-6,8-13H2,1-2,4H3. The average Bonchev–Trinajstić information content (AvgIpc) is 2.39. The molecule has 3 heteroatoms. The minimum atomic E-state index is -0.287. The first kappa shape index (κ1) is 18.0. The zero-order valence-corrected chi connectivity index (χ0v) is 12.6. The van der Waals surface area contributed by atoms with Gasteiger partial charge in [-0.25, -0.2) is 0 Å². The molecule has 0 aromatic heterocycles. The van der Waals surface area contributed by atoms with Gasteiger partial charge in [0.15, 0.2) is 0 Å². The first-order valence-electron chi connectivity index (χ1n) is 7.41. The lowest BCUT2D eigenvalue weighted by molar-refractivity contribution is -0.144. The van der Waals surface area contributed by atoms with Gasteiger partial charge >= 0.3 is 5.97 Å². The Morgan fingerprint density at radius 1 is 1.21 bits per heavy atom. The third-order valence-corrected chi connectivity index (χ3v) is 2.90. The summed E-state index contributed by atoms with van der Waals surface area (Å²) in [7, 11) is 0. The van der Waals surface area contributed by atoms with Crippen LogP contribution >= 0.6 is 0 Å². The van der Waals surface area contributed by atoms with E-state index in [1.54, 1.807) is 0 Å². The highest BCUT2D eigenvalue weighted by atomic mass is 16.5. The van der Waals surface area contributed by atoms with Gasteiger partial charge in [0.2, 0.25) is 0 Å². The smallest absolute Gasteiger partial charge is 0.305 e. The van der Waals surface area contributed by atoms with Crippen molar-refractivity contribution in [2.45, 2.75) is 77.9 Å². The quantitative estimate of drug-likeness (QED) is 0.325. The number of terminal acetylenes is 1. The summed E-state index contributed by atoms with van der Waals surface area (Å²) >= 11 is 0. The number of hydrogen-bond donors (Lipinski definition) is 0. The van der Waals surface area contributed by atoms with E-state index in [-0.39, 0.29) is 18.2 Å². The largest absolute Gasteiger partial charge is 0.466 e. The molecule has 0 amide bonds. The Kier molecular flexibility index (Phi) is 11.4. The van der Waals surface area contributed by atoms with Crippen molar-refractivity contribution in [3.63, 3.8) is 0 Å². The van der Waals surface area contributed by atoms with Crippen LogP contribution in [0.1, 0.15) is 65.7 Å². The third kappa shape index (κ3) is 10.6. The molecule has 110 valence electrons. The fraction of sp³-hybridized carbons (Fsp3) is 0.812. The summed E-state index contributed by atoms with van der Waals surface area (Å²) in [6.45, 7) is 6.75. The number of unbranched alkanes of at least 4 members (excludes halogenated alkanes) is 2. The zero-order valence-electron chi connectivity index (χ0n) is 12.6. The molecule has 0 saturated heterocycles. The fourth-order valence-corrected chi connectivity index (χ4v) is 1.80. The molecular weight excluding hydrogens is 240 g/mol. The minimum absolute atomic E-state index is 0.145. The van der Waals surface area contributed by atoms with Crippen LogP contribution in [-0.2, 0) is 14.3 Å². The summed E-state index contributed by atoms with van der Waals surface area (Å²) in [5.41, 5.74) is 0. The van der Waals surface area contributed by atoms with Gasteiger partial charge in [0.05, 0.1) is 12.7 Å². The number of rotatable bonds is 11. The summed E-state index contributed by atoms with van der Waals surface area (Å²) in [5.74, 6) is 2.42. The lowest BCUT2D eigenvalue weighted by Gasteiger charge is -2.17. The first-order chi connectivity index (χ1) is 9.13. The van der Waals surface area contributed by atoms with Crippen LogP contribution in [0.5, 0.6) is 0 Å². The van der Waals surface area contributed by atoms with E-state index in [1.165, 1.54) is 0 Å². The second kappa shape index (κ2) is 12.0. The number of hydrogen-bond acceptors (Lipinski definition) is 3. The molecule has 0 aliphatic carbocycles. The van der Waals surface area contributed by atoms with Crippen molar-refractivity contribution >= 4 is 5.97 Å². The Labute approximate surface area is 118 Å². The Morgan fingerprint density at radius 2 is 1.95 bits per heavy atom. The summed E-state index contributed by atoms with van der Waals surface area (Å²) in [4.78, 5) is 11.5. The molecule has 0 aromatic carbocycles. The highest BCUT2D eigenvalue weighted by Crippen LogP contribution is 2.10. The molecule has 0 heterocycles. The van der Waals surface area contributed by atoms with Gasteiger partial charge in [-0.3, -0.25) is 4.79 Å². The number of carbonyl (C=O) groups is 1. The molecule has 0 radical (unpaired) electrons. The van der Waals surface area contributed by atoms with Crippen molar-refractivity contribution in [1.29, 1.82) is 0 Å². The maximum Gasteiger partial charge on any atom is 0.305 e. The number of carbonyl (C=O) groups excluding carboxylic acids is 1. The van der Waals surface area contributed by atoms with Gasteiger partial charge in [0, 0.05) is 6.42 Å². The molecule has 0 spiro atoms. The molecule has 2 atom stereocenters. The van der Waals surface area contributed by atoms with Gasteiger partial charge in [0.1, 0.15) is 6.10 Å². The van der Waals surface area contributed by atoms with Crippen LogP contribution < -0.4 is 0 Å². The van der Waals surface area contributed by atoms with Crippen LogP contribution in [0.25, 0.3) is 0 Å². The third-order valence-electron chi connectivity index (χ3n) is 2.90. The van der Waals surface area contributed by atoms with Crippen molar-refractivity contribution in [1.82, 2.24) is 0 Å². The van der Waals surface area contributed by atoms with Crippen molar-refractivity contribution in [3.05, 3.63) is 0 Å². The monoisotopic (exact) mass is 268 g/mol. The van der Waals surface area contributed by atoms with E-state index in [2.05, 4.69) is 19.8 Å². The van der Waals surface area contributed by atoms with Gasteiger partial charge in [-0.05, 0) is 26.2 Å². The summed E-state index contributed by atoms with van der Waals surface area (Å²) in [5, 5.41) is 0. The van der Waals surface area contributed by atoms with Crippen LogP contribution in [0, 0.1) is 12.3 Å². The topological polar surface area (TPSA) is 35.5 Å². The predicted molar refractivity (Wildman–Crippen MR) is 77.8 cm³/mol. The van der Waals surface area contributed by atoms with Crippen LogP contribution in [0.15, 0.2) is 0 Å². The lowest BCUT2D eigenvalue weighted by Crippen LogP contribution is -2.20. The normalized spacial score (nSPS) is 13.6. The van der Waals surface area contributed by atoms with Gasteiger partial charge in [0.25, 0.3) is 0 Å². The number of esters is 1. The zero-order chi connectivity index (χ0) is 14.5. The summed E-state index contributed by atoms with van der Waals surface area (Å²) < 4.78 is 10.8. The molecule has 0 aliphatic rings. The molecule has 3 nitrogen and oxygen atoms in total. The van der Waals surface area contributed by atoms with E-state index in [0.717, 1.165) is 32.1 Å². The molecule has 0 bridgehead atoms. The second-order valence-electron chi connectivity index (χ2n) is 4.86. The molecule has 0 saturated carbocycles.